The van der Waals surface area contributed by atoms with E-state index in [-0.39, 0.29) is 24.4 Å². The molecule has 0 atom stereocenters. The third-order valence-corrected chi connectivity index (χ3v) is 5.66. The van der Waals surface area contributed by atoms with Crippen molar-refractivity contribution in [2.75, 3.05) is 27.0 Å². The maximum atomic E-state index is 12.7. The number of hydrogen-bond donors (Lipinski definition) is 0. The molecule has 1 saturated heterocycles. The fraction of sp³-hybridized carbons (Fsp3) is 0.391. The van der Waals surface area contributed by atoms with Gasteiger partial charge in [-0.1, -0.05) is 6.07 Å². The van der Waals surface area contributed by atoms with E-state index in [4.69, 9.17) is 14.2 Å². The second-order valence-electron chi connectivity index (χ2n) is 7.44. The molecule has 2 aliphatic rings. The fourth-order valence-electron chi connectivity index (χ4n) is 3.89. The predicted molar refractivity (Wildman–Crippen MR) is 108 cm³/mol. The van der Waals surface area contributed by atoms with Crippen molar-refractivity contribution >= 4 is 11.7 Å². The molecule has 0 bridgehead atoms. The number of carbonyl (C=O) groups excluding carboxylic acids is 2. The summed E-state index contributed by atoms with van der Waals surface area (Å²) in [6, 6.07) is 13.0. The highest BCUT2D eigenvalue weighted by Crippen LogP contribution is 2.33. The van der Waals surface area contributed by atoms with E-state index >= 15 is 0 Å². The number of fused-ring (bicyclic) bond motifs is 1. The Morgan fingerprint density at radius 1 is 1.03 bits per heavy atom. The smallest absolute Gasteiger partial charge is 0.231 e. The third kappa shape index (κ3) is 4.36. The first-order chi connectivity index (χ1) is 14.1. The van der Waals surface area contributed by atoms with Gasteiger partial charge in [0.25, 0.3) is 0 Å². The topological polar surface area (TPSA) is 65.1 Å². The normalized spacial score (nSPS) is 16.0. The van der Waals surface area contributed by atoms with Crippen molar-refractivity contribution in [2.45, 2.75) is 25.7 Å². The number of benzene rings is 2. The van der Waals surface area contributed by atoms with Gasteiger partial charge in [0, 0.05) is 31.0 Å². The number of rotatable bonds is 6. The molecule has 4 rings (SSSR count). The van der Waals surface area contributed by atoms with Gasteiger partial charge < -0.3 is 19.1 Å². The van der Waals surface area contributed by atoms with E-state index in [2.05, 4.69) is 0 Å². The van der Waals surface area contributed by atoms with Gasteiger partial charge >= 0.3 is 0 Å². The molecule has 0 aliphatic carbocycles. The molecule has 29 heavy (non-hydrogen) atoms. The summed E-state index contributed by atoms with van der Waals surface area (Å²) < 4.78 is 15.8. The van der Waals surface area contributed by atoms with Crippen LogP contribution in [0.4, 0.5) is 0 Å². The minimum atomic E-state index is -0.0266. The summed E-state index contributed by atoms with van der Waals surface area (Å²) in [5, 5.41) is 0. The van der Waals surface area contributed by atoms with E-state index in [1.54, 1.807) is 7.11 Å². The first kappa shape index (κ1) is 19.3. The molecule has 2 aromatic rings. The zero-order valence-corrected chi connectivity index (χ0v) is 16.6. The molecule has 1 amide bonds. The Bertz CT molecular complexity index is 885. The Hall–Kier alpha value is -3.02. The number of aryl methyl sites for hydroxylation is 1. The first-order valence-electron chi connectivity index (χ1n) is 9.98. The molecular weight excluding hydrogens is 370 g/mol. The molecule has 6 nitrogen and oxygen atoms in total. The van der Waals surface area contributed by atoms with Crippen molar-refractivity contribution in [1.82, 2.24) is 4.90 Å². The van der Waals surface area contributed by atoms with Gasteiger partial charge in [0.1, 0.15) is 5.75 Å². The Labute approximate surface area is 170 Å². The molecule has 0 saturated carbocycles. The van der Waals surface area contributed by atoms with E-state index in [1.165, 1.54) is 0 Å². The van der Waals surface area contributed by atoms with Crippen LogP contribution < -0.4 is 14.2 Å². The Kier molecular flexibility index (Phi) is 5.69. The van der Waals surface area contributed by atoms with E-state index in [0.29, 0.717) is 44.3 Å². The van der Waals surface area contributed by atoms with E-state index in [1.807, 2.05) is 47.4 Å². The summed E-state index contributed by atoms with van der Waals surface area (Å²) in [7, 11) is 1.61. The number of nitrogens with zero attached hydrogens (tertiary/aromatic N) is 1. The van der Waals surface area contributed by atoms with Crippen molar-refractivity contribution in [1.29, 1.82) is 0 Å². The summed E-state index contributed by atoms with van der Waals surface area (Å²) in [5.74, 6) is 2.50. The summed E-state index contributed by atoms with van der Waals surface area (Å²) in [6.07, 6.45) is 2.54. The highest BCUT2D eigenvalue weighted by Gasteiger charge is 2.28. The van der Waals surface area contributed by atoms with Gasteiger partial charge in [-0.2, -0.15) is 0 Å². The van der Waals surface area contributed by atoms with Crippen LogP contribution in [0.3, 0.4) is 0 Å². The van der Waals surface area contributed by atoms with Crippen LogP contribution in [-0.4, -0.2) is 43.6 Å². The number of piperidine rings is 1. The Morgan fingerprint density at radius 3 is 2.48 bits per heavy atom. The fourth-order valence-corrected chi connectivity index (χ4v) is 3.89. The summed E-state index contributed by atoms with van der Waals surface area (Å²) >= 11 is 0. The van der Waals surface area contributed by atoms with Crippen LogP contribution in [0.5, 0.6) is 17.2 Å². The lowest BCUT2D eigenvalue weighted by atomic mass is 9.88. The van der Waals surface area contributed by atoms with Crippen LogP contribution in [-0.2, 0) is 11.2 Å². The summed E-state index contributed by atoms with van der Waals surface area (Å²) in [4.78, 5) is 27.2. The summed E-state index contributed by atoms with van der Waals surface area (Å²) in [5.41, 5.74) is 1.77. The van der Waals surface area contributed by atoms with Crippen LogP contribution in [0.1, 0.15) is 35.2 Å². The zero-order chi connectivity index (χ0) is 20.2. The monoisotopic (exact) mass is 395 g/mol. The Morgan fingerprint density at radius 2 is 1.76 bits per heavy atom. The molecule has 2 heterocycles. The summed E-state index contributed by atoms with van der Waals surface area (Å²) in [6.45, 7) is 1.51. The van der Waals surface area contributed by atoms with Gasteiger partial charge in [0.05, 0.1) is 7.11 Å². The number of likely N-dealkylation sites (tertiary alicyclic amines) is 1. The van der Waals surface area contributed by atoms with Gasteiger partial charge in [0.15, 0.2) is 17.3 Å². The molecular formula is C23H25NO5. The largest absolute Gasteiger partial charge is 0.497 e. The highest BCUT2D eigenvalue weighted by molar-refractivity contribution is 5.98. The van der Waals surface area contributed by atoms with Crippen molar-refractivity contribution in [3.8, 4) is 17.2 Å². The average Bonchev–Trinajstić information content (AvgIpc) is 3.25. The number of Topliss-reactive ketones (excluding diaryl/α,β-unsaturated/α-hetero) is 1. The zero-order valence-electron chi connectivity index (χ0n) is 16.6. The number of amides is 1. The molecule has 2 aromatic carbocycles. The van der Waals surface area contributed by atoms with Gasteiger partial charge in [0.2, 0.25) is 12.7 Å². The molecule has 0 spiro atoms. The standard InChI is InChI=1S/C23H25NO5/c1-27-19-6-4-17(5-7-19)23(26)18-10-12-24(13-11-18)22(25)9-3-16-2-8-20-21(14-16)29-15-28-20/h2,4-8,14,18H,3,9-13,15H2,1H3. The van der Waals surface area contributed by atoms with Crippen molar-refractivity contribution < 1.29 is 23.8 Å². The van der Waals surface area contributed by atoms with Crippen LogP contribution in [0.15, 0.2) is 42.5 Å². The van der Waals surface area contributed by atoms with Crippen LogP contribution in [0, 0.1) is 5.92 Å². The van der Waals surface area contributed by atoms with Gasteiger partial charge in [-0.15, -0.1) is 0 Å². The second kappa shape index (κ2) is 8.55. The maximum absolute atomic E-state index is 12.7. The van der Waals surface area contributed by atoms with E-state index in [0.717, 1.165) is 22.8 Å². The SMILES string of the molecule is COc1ccc(C(=O)C2CCN(C(=O)CCc3ccc4c(c3)OCO4)CC2)cc1. The van der Waals surface area contributed by atoms with Crippen molar-refractivity contribution in [3.05, 3.63) is 53.6 Å². The average molecular weight is 395 g/mol. The lowest BCUT2D eigenvalue weighted by Gasteiger charge is -2.31. The molecule has 6 heteroatoms. The van der Waals surface area contributed by atoms with Crippen LogP contribution in [0.2, 0.25) is 0 Å². The minimum Gasteiger partial charge on any atom is -0.497 e. The third-order valence-electron chi connectivity index (χ3n) is 5.66. The Balaban J connectivity index is 1.26. The maximum Gasteiger partial charge on any atom is 0.231 e. The molecule has 0 N–H and O–H groups in total. The molecule has 2 aliphatic heterocycles. The molecule has 0 radical (unpaired) electrons. The second-order valence-corrected chi connectivity index (χ2v) is 7.44. The quantitative estimate of drug-likeness (QED) is 0.701. The molecule has 0 aromatic heterocycles. The van der Waals surface area contributed by atoms with Gasteiger partial charge in [-0.3, -0.25) is 9.59 Å². The van der Waals surface area contributed by atoms with Crippen LogP contribution >= 0.6 is 0 Å². The van der Waals surface area contributed by atoms with Crippen molar-refractivity contribution in [3.63, 3.8) is 0 Å². The first-order valence-corrected chi connectivity index (χ1v) is 9.98. The number of methoxy groups -OCH3 is 1. The van der Waals surface area contributed by atoms with Gasteiger partial charge in [-0.25, -0.2) is 0 Å². The molecule has 152 valence electrons. The van der Waals surface area contributed by atoms with Gasteiger partial charge in [-0.05, 0) is 61.2 Å². The highest BCUT2D eigenvalue weighted by atomic mass is 16.7. The lowest BCUT2D eigenvalue weighted by Crippen LogP contribution is -2.40. The van der Waals surface area contributed by atoms with Crippen molar-refractivity contribution in [2.24, 2.45) is 5.92 Å². The predicted octanol–water partition coefficient (Wildman–Crippen LogP) is 3.48. The number of carbonyl (C=O) groups is 2. The van der Waals surface area contributed by atoms with E-state index < -0.39 is 0 Å². The molecule has 1 fully saturated rings. The van der Waals surface area contributed by atoms with E-state index in [9.17, 15) is 9.59 Å². The van der Waals surface area contributed by atoms with Crippen LogP contribution in [0.25, 0.3) is 0 Å². The number of hydrogen-bond acceptors (Lipinski definition) is 5. The number of ether oxygens (including phenoxy) is 3. The lowest BCUT2D eigenvalue weighted by molar-refractivity contribution is -0.132. The number of ketones is 1. The molecule has 0 unspecified atom stereocenters. The minimum absolute atomic E-state index is 0.0266.